The molecular formula is C15H32O2Si. The van der Waals surface area contributed by atoms with Crippen LogP contribution in [0.4, 0.5) is 0 Å². The molecule has 0 heterocycles. The molecule has 0 bridgehead atoms. The molecule has 0 rings (SSSR count). The minimum atomic E-state index is -1.82. The van der Waals surface area contributed by atoms with Crippen LogP contribution in [0.2, 0.25) is 18.1 Å². The molecule has 0 radical (unpaired) electrons. The number of rotatable bonds is 8. The molecule has 0 unspecified atom stereocenters. The van der Waals surface area contributed by atoms with E-state index in [1.807, 2.05) is 6.08 Å². The van der Waals surface area contributed by atoms with Gasteiger partial charge in [-0.15, -0.1) is 6.58 Å². The largest absolute Gasteiger partial charge is 0.286 e. The fourth-order valence-electron chi connectivity index (χ4n) is 1.26. The van der Waals surface area contributed by atoms with Gasteiger partial charge in [-0.1, -0.05) is 53.5 Å². The Morgan fingerprint density at radius 3 is 2.22 bits per heavy atom. The Morgan fingerprint density at radius 2 is 1.83 bits per heavy atom. The maximum absolute atomic E-state index is 5.87. The average molecular weight is 273 g/mol. The van der Waals surface area contributed by atoms with Gasteiger partial charge >= 0.3 is 0 Å². The molecule has 0 N–H and O–H groups in total. The van der Waals surface area contributed by atoms with Crippen molar-refractivity contribution in [3.63, 3.8) is 0 Å². The van der Waals surface area contributed by atoms with Gasteiger partial charge in [0.25, 0.3) is 0 Å². The Hall–Kier alpha value is -0.123. The van der Waals surface area contributed by atoms with Gasteiger partial charge in [-0.05, 0) is 24.6 Å². The highest BCUT2D eigenvalue weighted by Crippen LogP contribution is 2.37. The Bertz CT molecular complexity index is 243. The van der Waals surface area contributed by atoms with E-state index in [1.165, 1.54) is 12.8 Å². The van der Waals surface area contributed by atoms with Gasteiger partial charge in [0.2, 0.25) is 8.32 Å². The first-order valence-electron chi connectivity index (χ1n) is 7.12. The fourth-order valence-corrected chi connectivity index (χ4v) is 1.88. The van der Waals surface area contributed by atoms with E-state index in [0.29, 0.717) is 5.92 Å². The number of unbranched alkanes of at least 4 members (excludes halogenated alkanes) is 1. The molecule has 0 spiro atoms. The van der Waals surface area contributed by atoms with E-state index in [4.69, 9.17) is 9.46 Å². The monoisotopic (exact) mass is 272 g/mol. The van der Waals surface area contributed by atoms with Crippen LogP contribution in [0.15, 0.2) is 12.7 Å². The molecule has 18 heavy (non-hydrogen) atoms. The van der Waals surface area contributed by atoms with Crippen LogP contribution in [0.1, 0.15) is 53.9 Å². The molecule has 108 valence electrons. The molecule has 0 aromatic rings. The lowest BCUT2D eigenvalue weighted by molar-refractivity contribution is -0.267. The third kappa shape index (κ3) is 5.68. The van der Waals surface area contributed by atoms with E-state index in [-0.39, 0.29) is 11.1 Å². The summed E-state index contributed by atoms with van der Waals surface area (Å²) in [6, 6.07) is 0. The minimum absolute atomic E-state index is 0.136. The third-order valence-electron chi connectivity index (χ3n) is 3.99. The molecule has 0 saturated carbocycles. The first-order valence-corrected chi connectivity index (χ1v) is 10.0. The molecule has 0 fully saturated rings. The normalized spacial score (nSPS) is 16.4. The quantitative estimate of drug-likeness (QED) is 0.258. The lowest BCUT2D eigenvalue weighted by Crippen LogP contribution is -2.42. The molecular weight excluding hydrogens is 240 g/mol. The molecule has 3 heteroatoms. The topological polar surface area (TPSA) is 18.5 Å². The van der Waals surface area contributed by atoms with Gasteiger partial charge in [0.15, 0.2) is 0 Å². The van der Waals surface area contributed by atoms with E-state index < -0.39 is 8.32 Å². The fraction of sp³-hybridized carbons (Fsp3) is 0.867. The van der Waals surface area contributed by atoms with Crippen LogP contribution in [0.25, 0.3) is 0 Å². The maximum atomic E-state index is 5.87. The van der Waals surface area contributed by atoms with Gasteiger partial charge in [-0.25, -0.2) is 4.89 Å². The van der Waals surface area contributed by atoms with Crippen LogP contribution in [-0.2, 0) is 9.46 Å². The third-order valence-corrected chi connectivity index (χ3v) is 8.11. The van der Waals surface area contributed by atoms with Gasteiger partial charge in [0.05, 0.1) is 6.10 Å². The smallest absolute Gasteiger partial charge is 0.238 e. The van der Waals surface area contributed by atoms with Crippen molar-refractivity contribution in [1.82, 2.24) is 0 Å². The molecule has 0 saturated heterocycles. The van der Waals surface area contributed by atoms with E-state index in [0.717, 1.165) is 6.42 Å². The van der Waals surface area contributed by atoms with Crippen molar-refractivity contribution in [3.8, 4) is 0 Å². The lowest BCUT2D eigenvalue weighted by Gasteiger charge is -2.36. The summed E-state index contributed by atoms with van der Waals surface area (Å²) in [6.45, 7) is 19.3. The molecule has 0 aliphatic carbocycles. The zero-order chi connectivity index (χ0) is 14.4. The summed E-state index contributed by atoms with van der Waals surface area (Å²) in [4.78, 5) is 5.78. The van der Waals surface area contributed by atoms with E-state index in [2.05, 4.69) is 54.3 Å². The van der Waals surface area contributed by atoms with Crippen molar-refractivity contribution in [2.24, 2.45) is 5.92 Å². The highest BCUT2D eigenvalue weighted by atomic mass is 28.4. The summed E-state index contributed by atoms with van der Waals surface area (Å²) in [5.41, 5.74) is 0. The van der Waals surface area contributed by atoms with Crippen molar-refractivity contribution >= 4 is 8.32 Å². The van der Waals surface area contributed by atoms with Crippen LogP contribution in [0, 0.1) is 5.92 Å². The van der Waals surface area contributed by atoms with Gasteiger partial charge in [0, 0.05) is 5.92 Å². The average Bonchev–Trinajstić information content (AvgIpc) is 2.26. The van der Waals surface area contributed by atoms with Crippen LogP contribution < -0.4 is 0 Å². The number of hydrogen-bond donors (Lipinski definition) is 0. The molecule has 0 aromatic carbocycles. The Morgan fingerprint density at radius 1 is 1.28 bits per heavy atom. The summed E-state index contributed by atoms with van der Waals surface area (Å²) >= 11 is 0. The van der Waals surface area contributed by atoms with E-state index in [1.54, 1.807) is 0 Å². The van der Waals surface area contributed by atoms with Crippen molar-refractivity contribution in [2.75, 3.05) is 0 Å². The van der Waals surface area contributed by atoms with Crippen molar-refractivity contribution in [2.45, 2.75) is 78.1 Å². The second-order valence-corrected chi connectivity index (χ2v) is 11.4. The van der Waals surface area contributed by atoms with Crippen LogP contribution in [0.3, 0.4) is 0 Å². The Balaban J connectivity index is 4.46. The van der Waals surface area contributed by atoms with Crippen molar-refractivity contribution in [1.29, 1.82) is 0 Å². The zero-order valence-electron chi connectivity index (χ0n) is 13.4. The van der Waals surface area contributed by atoms with E-state index in [9.17, 15) is 0 Å². The second kappa shape index (κ2) is 7.46. The highest BCUT2D eigenvalue weighted by molar-refractivity contribution is 6.73. The lowest BCUT2D eigenvalue weighted by atomic mass is 10.00. The minimum Gasteiger partial charge on any atom is -0.286 e. The molecule has 0 amide bonds. The summed E-state index contributed by atoms with van der Waals surface area (Å²) < 4.78 is 5.87. The van der Waals surface area contributed by atoms with Gasteiger partial charge < -0.3 is 0 Å². The zero-order valence-corrected chi connectivity index (χ0v) is 14.4. The SMILES string of the molecule is C=C[C@@H](C)[C@@H](CCCC)OO[Si](C)(C)C(C)(C)C. The van der Waals surface area contributed by atoms with Crippen LogP contribution in [0.5, 0.6) is 0 Å². The van der Waals surface area contributed by atoms with Crippen molar-refractivity contribution in [3.05, 3.63) is 12.7 Å². The summed E-state index contributed by atoms with van der Waals surface area (Å²) in [6.07, 6.45) is 5.48. The summed E-state index contributed by atoms with van der Waals surface area (Å²) in [7, 11) is -1.82. The summed E-state index contributed by atoms with van der Waals surface area (Å²) in [5, 5.41) is 0.180. The molecule has 0 aliphatic rings. The standard InChI is InChI=1S/C15H32O2Si/c1-9-11-12-14(13(3)10-2)16-17-18(7,8)15(4,5)6/h10,13-14H,2,9,11-12H2,1,3-8H3/t13-,14-/m1/s1. The van der Waals surface area contributed by atoms with Gasteiger partial charge in [0.1, 0.15) is 0 Å². The van der Waals surface area contributed by atoms with Crippen LogP contribution >= 0.6 is 0 Å². The molecule has 2 nitrogen and oxygen atoms in total. The van der Waals surface area contributed by atoms with Gasteiger partial charge in [-0.3, -0.25) is 4.58 Å². The number of hydrogen-bond acceptors (Lipinski definition) is 2. The van der Waals surface area contributed by atoms with Crippen LogP contribution in [-0.4, -0.2) is 14.4 Å². The molecule has 2 atom stereocenters. The van der Waals surface area contributed by atoms with Crippen molar-refractivity contribution < 1.29 is 9.46 Å². The summed E-state index contributed by atoms with van der Waals surface area (Å²) in [5.74, 6) is 0.335. The van der Waals surface area contributed by atoms with Gasteiger partial charge in [-0.2, -0.15) is 0 Å². The van der Waals surface area contributed by atoms with E-state index >= 15 is 0 Å². The first-order chi connectivity index (χ1) is 8.15. The molecule has 0 aromatic heterocycles. The molecule has 0 aliphatic heterocycles. The predicted octanol–water partition coefficient (Wildman–Crippen LogP) is 5.32. The maximum Gasteiger partial charge on any atom is 0.238 e. The Kier molecular flexibility index (Phi) is 7.41. The highest BCUT2D eigenvalue weighted by Gasteiger charge is 2.39. The second-order valence-electron chi connectivity index (χ2n) is 6.72. The Labute approximate surface area is 115 Å². The first kappa shape index (κ1) is 17.9. The predicted molar refractivity (Wildman–Crippen MR) is 82.0 cm³/mol.